The van der Waals surface area contributed by atoms with Crippen molar-refractivity contribution in [1.82, 2.24) is 15.0 Å². The molecule has 0 N–H and O–H groups in total. The van der Waals surface area contributed by atoms with E-state index < -0.39 is 0 Å². The number of hydrogen-bond donors (Lipinski definition) is 0. The van der Waals surface area contributed by atoms with Gasteiger partial charge in [-0.2, -0.15) is 0 Å². The van der Waals surface area contributed by atoms with Crippen molar-refractivity contribution in [3.05, 3.63) is 40.9 Å². The van der Waals surface area contributed by atoms with Gasteiger partial charge in [0, 0.05) is 23.5 Å². The number of Topliss-reactive ketones (excluding diaryl/α,β-unsaturated/α-hetero) is 1. The summed E-state index contributed by atoms with van der Waals surface area (Å²) in [6.07, 6.45) is 5.14. The lowest BCUT2D eigenvalue weighted by Gasteiger charge is -1.95. The van der Waals surface area contributed by atoms with Gasteiger partial charge in [-0.3, -0.25) is 9.78 Å². The second-order valence-corrected chi connectivity index (χ2v) is 3.61. The molecule has 0 aliphatic carbocycles. The van der Waals surface area contributed by atoms with Gasteiger partial charge in [0.2, 0.25) is 5.78 Å². The van der Waals surface area contributed by atoms with Crippen LogP contribution in [0, 0.1) is 0 Å². The molecule has 0 aromatic carbocycles. The first-order valence-electron chi connectivity index (χ1n) is 4.04. The van der Waals surface area contributed by atoms with E-state index in [0.717, 1.165) is 4.88 Å². The Bertz CT molecular complexity index is 413. The molecule has 0 saturated heterocycles. The zero-order valence-electron chi connectivity index (χ0n) is 7.25. The molecule has 0 fully saturated rings. The normalized spacial score (nSPS) is 10.0. The van der Waals surface area contributed by atoms with Crippen LogP contribution in [0.1, 0.15) is 15.5 Å². The van der Waals surface area contributed by atoms with Gasteiger partial charge in [0.15, 0.2) is 5.82 Å². The average Bonchev–Trinajstić information content (AvgIpc) is 2.72. The third-order valence-electron chi connectivity index (χ3n) is 1.63. The highest BCUT2D eigenvalue weighted by Crippen LogP contribution is 2.08. The van der Waals surface area contributed by atoms with Crippen molar-refractivity contribution < 1.29 is 4.79 Å². The summed E-state index contributed by atoms with van der Waals surface area (Å²) in [6.45, 7) is 0. The Hall–Kier alpha value is -1.62. The van der Waals surface area contributed by atoms with Crippen LogP contribution in [0.3, 0.4) is 0 Å². The smallest absolute Gasteiger partial charge is 0.205 e. The molecule has 2 heterocycles. The summed E-state index contributed by atoms with van der Waals surface area (Å²) in [5.41, 5.74) is 1.70. The van der Waals surface area contributed by atoms with Crippen molar-refractivity contribution in [2.75, 3.05) is 0 Å². The number of ketones is 1. The van der Waals surface area contributed by atoms with E-state index in [2.05, 4.69) is 15.0 Å². The van der Waals surface area contributed by atoms with Gasteiger partial charge in [-0.25, -0.2) is 9.97 Å². The lowest BCUT2D eigenvalue weighted by Crippen LogP contribution is -2.06. The maximum Gasteiger partial charge on any atom is 0.205 e. The van der Waals surface area contributed by atoms with E-state index in [4.69, 9.17) is 0 Å². The molecule has 0 spiro atoms. The van der Waals surface area contributed by atoms with Crippen molar-refractivity contribution in [3.63, 3.8) is 0 Å². The molecule has 0 radical (unpaired) electrons. The molecule has 14 heavy (non-hydrogen) atoms. The Balaban J connectivity index is 2.11. The summed E-state index contributed by atoms with van der Waals surface area (Å²) >= 11 is 1.46. The second kappa shape index (κ2) is 4.06. The number of hydrogen-bond acceptors (Lipinski definition) is 5. The predicted molar refractivity (Wildman–Crippen MR) is 52.2 cm³/mol. The molecule has 0 amide bonds. The summed E-state index contributed by atoms with van der Waals surface area (Å²) in [4.78, 5) is 24.2. The topological polar surface area (TPSA) is 55.7 Å². The Labute approximate surface area is 84.7 Å². The highest BCUT2D eigenvalue weighted by atomic mass is 32.1. The predicted octanol–water partition coefficient (Wildman–Crippen LogP) is 1.36. The first kappa shape index (κ1) is 8.96. The van der Waals surface area contributed by atoms with Crippen molar-refractivity contribution in [2.24, 2.45) is 0 Å². The van der Waals surface area contributed by atoms with Crippen LogP contribution >= 0.6 is 11.3 Å². The summed E-state index contributed by atoms with van der Waals surface area (Å²) in [6, 6.07) is 1.68. The molecular weight excluding hydrogens is 198 g/mol. The molecule has 5 heteroatoms. The van der Waals surface area contributed by atoms with Crippen molar-refractivity contribution >= 4 is 17.1 Å². The van der Waals surface area contributed by atoms with Gasteiger partial charge in [0.25, 0.3) is 0 Å². The van der Waals surface area contributed by atoms with E-state index in [-0.39, 0.29) is 11.6 Å². The fourth-order valence-corrected chi connectivity index (χ4v) is 1.60. The fourth-order valence-electron chi connectivity index (χ4n) is 1.01. The van der Waals surface area contributed by atoms with E-state index in [0.29, 0.717) is 6.42 Å². The number of rotatable bonds is 3. The highest BCUT2D eigenvalue weighted by molar-refractivity contribution is 7.09. The molecule has 0 aliphatic rings. The van der Waals surface area contributed by atoms with Gasteiger partial charge >= 0.3 is 0 Å². The fraction of sp³-hybridized carbons (Fsp3) is 0.111. The lowest BCUT2D eigenvalue weighted by molar-refractivity contribution is 0.0984. The number of aromatic nitrogens is 3. The molecule has 2 rings (SSSR count). The van der Waals surface area contributed by atoms with E-state index in [1.807, 2.05) is 0 Å². The molecule has 4 nitrogen and oxygen atoms in total. The lowest BCUT2D eigenvalue weighted by atomic mass is 10.2. The van der Waals surface area contributed by atoms with E-state index in [1.165, 1.54) is 11.3 Å². The zero-order chi connectivity index (χ0) is 9.80. The molecule has 2 aromatic heterocycles. The quantitative estimate of drug-likeness (QED) is 0.710. The van der Waals surface area contributed by atoms with Gasteiger partial charge in [-0.05, 0) is 6.07 Å². The average molecular weight is 205 g/mol. The first-order valence-corrected chi connectivity index (χ1v) is 4.92. The van der Waals surface area contributed by atoms with Crippen LogP contribution in [-0.4, -0.2) is 20.7 Å². The van der Waals surface area contributed by atoms with E-state index in [1.54, 1.807) is 30.2 Å². The molecule has 0 aliphatic heterocycles. The Morgan fingerprint density at radius 3 is 2.79 bits per heavy atom. The first-order chi connectivity index (χ1) is 6.86. The number of nitrogens with zero attached hydrogens (tertiary/aromatic N) is 3. The SMILES string of the molecule is O=C(Cc1cncs1)c1ncccn1. The summed E-state index contributed by atoms with van der Waals surface area (Å²) < 4.78 is 0. The number of thiazole rings is 1. The molecular formula is C9H7N3OS. The van der Waals surface area contributed by atoms with E-state index in [9.17, 15) is 4.79 Å². The van der Waals surface area contributed by atoms with Gasteiger partial charge in [-0.15, -0.1) is 11.3 Å². The van der Waals surface area contributed by atoms with Crippen molar-refractivity contribution in [1.29, 1.82) is 0 Å². The van der Waals surface area contributed by atoms with Gasteiger partial charge in [0.1, 0.15) is 0 Å². The minimum absolute atomic E-state index is 0.0742. The second-order valence-electron chi connectivity index (χ2n) is 2.64. The van der Waals surface area contributed by atoms with Crippen LogP contribution in [0.4, 0.5) is 0 Å². The Morgan fingerprint density at radius 2 is 2.14 bits per heavy atom. The summed E-state index contributed by atoms with van der Waals surface area (Å²) in [5.74, 6) is 0.191. The maximum absolute atomic E-state index is 11.6. The van der Waals surface area contributed by atoms with Crippen LogP contribution in [0.15, 0.2) is 30.2 Å². The molecule has 0 atom stereocenters. The minimum Gasteiger partial charge on any atom is -0.290 e. The standard InChI is InChI=1S/C9H7N3OS/c13-8(4-7-5-10-6-14-7)9-11-2-1-3-12-9/h1-3,5-6H,4H2. The molecule has 70 valence electrons. The Kier molecular flexibility index (Phi) is 2.60. The monoisotopic (exact) mass is 205 g/mol. The van der Waals surface area contributed by atoms with Crippen molar-refractivity contribution in [2.45, 2.75) is 6.42 Å². The molecule has 0 saturated carbocycles. The molecule has 2 aromatic rings. The van der Waals surface area contributed by atoms with Gasteiger partial charge in [-0.1, -0.05) is 0 Å². The third-order valence-corrected chi connectivity index (χ3v) is 2.41. The zero-order valence-corrected chi connectivity index (χ0v) is 8.07. The van der Waals surface area contributed by atoms with Crippen LogP contribution in [0.5, 0.6) is 0 Å². The van der Waals surface area contributed by atoms with Gasteiger partial charge in [0.05, 0.1) is 11.9 Å². The summed E-state index contributed by atoms with van der Waals surface area (Å²) in [7, 11) is 0. The summed E-state index contributed by atoms with van der Waals surface area (Å²) in [5, 5.41) is 0. The number of carbonyl (C=O) groups excluding carboxylic acids is 1. The highest BCUT2D eigenvalue weighted by Gasteiger charge is 2.09. The van der Waals surface area contributed by atoms with Crippen molar-refractivity contribution in [3.8, 4) is 0 Å². The molecule has 0 bridgehead atoms. The van der Waals surface area contributed by atoms with Crippen LogP contribution in [0.2, 0.25) is 0 Å². The largest absolute Gasteiger partial charge is 0.290 e. The van der Waals surface area contributed by atoms with Crippen LogP contribution < -0.4 is 0 Å². The number of carbonyl (C=O) groups is 1. The van der Waals surface area contributed by atoms with Crippen LogP contribution in [-0.2, 0) is 6.42 Å². The third kappa shape index (κ3) is 2.00. The molecule has 0 unspecified atom stereocenters. The van der Waals surface area contributed by atoms with Gasteiger partial charge < -0.3 is 0 Å². The van der Waals surface area contributed by atoms with Crippen LogP contribution in [0.25, 0.3) is 0 Å². The van der Waals surface area contributed by atoms with E-state index >= 15 is 0 Å². The maximum atomic E-state index is 11.6. The Morgan fingerprint density at radius 1 is 1.36 bits per heavy atom. The minimum atomic E-state index is -0.0742.